The molecule has 0 aromatic carbocycles. The molecule has 0 saturated heterocycles. The van der Waals surface area contributed by atoms with E-state index in [1.165, 1.54) is 96.3 Å². The summed E-state index contributed by atoms with van der Waals surface area (Å²) in [5, 5.41) is 1.08. The number of halogens is 1. The molecular weight excluding hydrogens is 436 g/mol. The van der Waals surface area contributed by atoms with Crippen molar-refractivity contribution in [3.63, 3.8) is 0 Å². The summed E-state index contributed by atoms with van der Waals surface area (Å²) >= 11 is 3.49. The molecule has 0 aromatic rings. The molecule has 0 amide bonds. The van der Waals surface area contributed by atoms with Gasteiger partial charge in [0, 0.05) is 5.33 Å². The van der Waals surface area contributed by atoms with E-state index < -0.39 is 0 Å². The third-order valence-corrected chi connectivity index (χ3v) is 6.83. The quantitative estimate of drug-likeness (QED) is 0.0859. The van der Waals surface area contributed by atoms with E-state index in [9.17, 15) is 4.79 Å². The molecule has 0 spiro atoms. The highest BCUT2D eigenvalue weighted by molar-refractivity contribution is 9.09. The number of esters is 1. The monoisotopic (exact) mass is 488 g/mol. The summed E-state index contributed by atoms with van der Waals surface area (Å²) in [5.74, 6) is 0.0324. The molecule has 180 valence electrons. The van der Waals surface area contributed by atoms with Crippen molar-refractivity contribution in [3.05, 3.63) is 0 Å². The first-order valence-electron chi connectivity index (χ1n) is 13.2. The van der Waals surface area contributed by atoms with Crippen molar-refractivity contribution in [2.75, 3.05) is 5.33 Å². The summed E-state index contributed by atoms with van der Waals surface area (Å²) in [7, 11) is 0. The van der Waals surface area contributed by atoms with E-state index in [4.69, 9.17) is 4.74 Å². The van der Waals surface area contributed by atoms with Crippen LogP contribution in [-0.4, -0.2) is 17.4 Å². The molecular formula is C27H53BrO2. The molecule has 0 bridgehead atoms. The Labute approximate surface area is 197 Å². The second-order valence-electron chi connectivity index (χ2n) is 9.88. The molecule has 0 saturated carbocycles. The average Bonchev–Trinajstić information content (AvgIpc) is 2.72. The number of ether oxygens (including phenoxy) is 1. The third-order valence-electron chi connectivity index (χ3n) is 6.27. The fraction of sp³-hybridized carbons (Fsp3) is 0.963. The van der Waals surface area contributed by atoms with Crippen LogP contribution in [0.25, 0.3) is 0 Å². The van der Waals surface area contributed by atoms with Gasteiger partial charge in [-0.15, -0.1) is 0 Å². The lowest BCUT2D eigenvalue weighted by molar-refractivity contribution is -0.161. The highest BCUT2D eigenvalue weighted by Crippen LogP contribution is 2.28. The summed E-state index contributed by atoms with van der Waals surface area (Å²) in [6, 6.07) is 0. The molecule has 0 unspecified atom stereocenters. The van der Waals surface area contributed by atoms with E-state index in [2.05, 4.69) is 43.6 Å². The predicted molar refractivity (Wildman–Crippen MR) is 137 cm³/mol. The minimum atomic E-state index is -0.352. The van der Waals surface area contributed by atoms with Crippen LogP contribution in [0, 0.1) is 5.41 Å². The van der Waals surface area contributed by atoms with Crippen LogP contribution in [0.15, 0.2) is 0 Å². The Morgan fingerprint density at radius 3 is 1.63 bits per heavy atom. The van der Waals surface area contributed by atoms with Crippen molar-refractivity contribution in [2.45, 2.75) is 156 Å². The van der Waals surface area contributed by atoms with E-state index in [1.54, 1.807) is 0 Å². The van der Waals surface area contributed by atoms with Crippen LogP contribution < -0.4 is 0 Å². The van der Waals surface area contributed by atoms with Gasteiger partial charge in [-0.05, 0) is 52.4 Å². The van der Waals surface area contributed by atoms with Gasteiger partial charge in [-0.2, -0.15) is 0 Å². The van der Waals surface area contributed by atoms with Gasteiger partial charge in [0.1, 0.15) is 6.10 Å². The Kier molecular flexibility index (Phi) is 20.8. The predicted octanol–water partition coefficient (Wildman–Crippen LogP) is 9.77. The van der Waals surface area contributed by atoms with Crippen LogP contribution in [0.4, 0.5) is 0 Å². The molecule has 0 radical (unpaired) electrons. The first-order valence-corrected chi connectivity index (χ1v) is 14.4. The number of unbranched alkanes of at least 4 members (excludes halogenated alkanes) is 13. The van der Waals surface area contributed by atoms with Crippen LogP contribution in [0.3, 0.4) is 0 Å². The van der Waals surface area contributed by atoms with Gasteiger partial charge >= 0.3 is 5.97 Å². The average molecular weight is 490 g/mol. The molecule has 0 aliphatic rings. The Morgan fingerprint density at radius 2 is 1.13 bits per heavy atom. The molecule has 0 fully saturated rings. The molecule has 0 aliphatic carbocycles. The van der Waals surface area contributed by atoms with Crippen LogP contribution in [-0.2, 0) is 9.53 Å². The molecule has 3 heteroatoms. The van der Waals surface area contributed by atoms with Crippen LogP contribution in [0.1, 0.15) is 150 Å². The van der Waals surface area contributed by atoms with E-state index >= 15 is 0 Å². The minimum Gasteiger partial charge on any atom is -0.462 e. The van der Waals surface area contributed by atoms with Crippen molar-refractivity contribution in [1.29, 1.82) is 0 Å². The van der Waals surface area contributed by atoms with Gasteiger partial charge in [-0.3, -0.25) is 4.79 Å². The molecule has 0 N–H and O–H groups in total. The second-order valence-corrected chi connectivity index (χ2v) is 10.7. The molecule has 0 atom stereocenters. The highest BCUT2D eigenvalue weighted by atomic mass is 79.9. The summed E-state index contributed by atoms with van der Waals surface area (Å²) in [6.45, 7) is 8.68. The zero-order valence-corrected chi connectivity index (χ0v) is 22.5. The Bertz CT molecular complexity index is 365. The number of carbonyl (C=O) groups is 1. The van der Waals surface area contributed by atoms with E-state index in [1.807, 2.05) is 0 Å². The molecule has 30 heavy (non-hydrogen) atoms. The maximum Gasteiger partial charge on any atom is 0.311 e. The molecule has 2 nitrogen and oxygen atoms in total. The van der Waals surface area contributed by atoms with E-state index in [-0.39, 0.29) is 17.5 Å². The van der Waals surface area contributed by atoms with Crippen molar-refractivity contribution >= 4 is 21.9 Å². The van der Waals surface area contributed by atoms with E-state index in [0.29, 0.717) is 0 Å². The maximum absolute atomic E-state index is 12.9. The summed E-state index contributed by atoms with van der Waals surface area (Å²) < 4.78 is 6.10. The van der Waals surface area contributed by atoms with Gasteiger partial charge < -0.3 is 4.74 Å². The smallest absolute Gasteiger partial charge is 0.311 e. The van der Waals surface area contributed by atoms with E-state index in [0.717, 1.165) is 31.0 Å². The van der Waals surface area contributed by atoms with Gasteiger partial charge in [-0.25, -0.2) is 0 Å². The normalized spacial score (nSPS) is 11.9. The zero-order valence-electron chi connectivity index (χ0n) is 20.9. The summed E-state index contributed by atoms with van der Waals surface area (Å²) in [5.41, 5.74) is -0.352. The van der Waals surface area contributed by atoms with Crippen molar-refractivity contribution < 1.29 is 9.53 Å². The van der Waals surface area contributed by atoms with Crippen molar-refractivity contribution in [1.82, 2.24) is 0 Å². The van der Waals surface area contributed by atoms with Crippen molar-refractivity contribution in [2.24, 2.45) is 5.41 Å². The standard InChI is InChI=1S/C27H53BrO2/c1-5-7-9-11-13-17-21-25(22-18-14-12-10-8-6-2)30-26(29)27(3,4)23-19-15-16-20-24-28/h25H,5-24H2,1-4H3. The number of hydrogen-bond donors (Lipinski definition) is 0. The lowest BCUT2D eigenvalue weighted by Gasteiger charge is -2.27. The Balaban J connectivity index is 4.38. The number of carbonyl (C=O) groups excluding carboxylic acids is 1. The number of hydrogen-bond acceptors (Lipinski definition) is 2. The fourth-order valence-electron chi connectivity index (χ4n) is 3.99. The summed E-state index contributed by atoms with van der Waals surface area (Å²) in [4.78, 5) is 12.9. The first-order chi connectivity index (χ1) is 14.5. The summed E-state index contributed by atoms with van der Waals surface area (Å²) in [6.07, 6.45) is 23.6. The zero-order chi connectivity index (χ0) is 22.5. The Hall–Kier alpha value is -0.0500. The van der Waals surface area contributed by atoms with Gasteiger partial charge in [-0.1, -0.05) is 113 Å². The first kappa shape index (κ1) is 29.9. The molecule has 0 rings (SSSR count). The highest BCUT2D eigenvalue weighted by Gasteiger charge is 2.30. The van der Waals surface area contributed by atoms with Gasteiger partial charge in [0.25, 0.3) is 0 Å². The SMILES string of the molecule is CCCCCCCCC(CCCCCCCC)OC(=O)C(C)(C)CCCCCCBr. The lowest BCUT2D eigenvalue weighted by atomic mass is 9.86. The largest absolute Gasteiger partial charge is 0.462 e. The van der Waals surface area contributed by atoms with Crippen LogP contribution in [0.2, 0.25) is 0 Å². The maximum atomic E-state index is 12.9. The molecule has 0 aliphatic heterocycles. The Morgan fingerprint density at radius 1 is 0.700 bits per heavy atom. The molecule has 0 aromatic heterocycles. The van der Waals surface area contributed by atoms with Crippen LogP contribution >= 0.6 is 15.9 Å². The van der Waals surface area contributed by atoms with Gasteiger partial charge in [0.2, 0.25) is 0 Å². The third kappa shape index (κ3) is 17.6. The van der Waals surface area contributed by atoms with Crippen LogP contribution in [0.5, 0.6) is 0 Å². The topological polar surface area (TPSA) is 26.3 Å². The minimum absolute atomic E-state index is 0.0324. The fourth-order valence-corrected chi connectivity index (χ4v) is 4.39. The van der Waals surface area contributed by atoms with Gasteiger partial charge in [0.15, 0.2) is 0 Å². The number of alkyl halides is 1. The van der Waals surface area contributed by atoms with Gasteiger partial charge in [0.05, 0.1) is 5.41 Å². The number of rotatable bonds is 22. The molecule has 0 heterocycles. The van der Waals surface area contributed by atoms with Crippen molar-refractivity contribution in [3.8, 4) is 0 Å². The second kappa shape index (κ2) is 20.8. The lowest BCUT2D eigenvalue weighted by Crippen LogP contribution is -2.31.